The summed E-state index contributed by atoms with van der Waals surface area (Å²) in [4.78, 5) is 5.27. The van der Waals surface area contributed by atoms with Gasteiger partial charge in [-0.2, -0.15) is 5.26 Å². The minimum absolute atomic E-state index is 0.328. The van der Waals surface area contributed by atoms with Gasteiger partial charge < -0.3 is 5.32 Å². The van der Waals surface area contributed by atoms with Crippen LogP contribution in [0.15, 0.2) is 35.8 Å². The summed E-state index contributed by atoms with van der Waals surface area (Å²) in [6.07, 6.45) is 1.67. The fraction of sp³-hybridized carbons (Fsp3) is 0.231. The van der Waals surface area contributed by atoms with E-state index in [2.05, 4.69) is 34.7 Å². The van der Waals surface area contributed by atoms with Crippen molar-refractivity contribution in [3.05, 3.63) is 52.0 Å². The molecule has 4 heteroatoms. The fourth-order valence-corrected chi connectivity index (χ4v) is 2.31. The smallest absolute Gasteiger partial charge is 0.140 e. The van der Waals surface area contributed by atoms with E-state index in [4.69, 9.17) is 5.26 Å². The predicted octanol–water partition coefficient (Wildman–Crippen LogP) is 2.87. The van der Waals surface area contributed by atoms with E-state index in [-0.39, 0.29) is 0 Å². The summed E-state index contributed by atoms with van der Waals surface area (Å²) in [5.41, 5.74) is 1.55. The average molecular weight is 243 g/mol. The normalized spacial score (nSPS) is 12.0. The number of nitriles is 1. The van der Waals surface area contributed by atoms with E-state index in [9.17, 15) is 0 Å². The molecule has 86 valence electrons. The molecule has 0 saturated carbocycles. The molecule has 1 atom stereocenters. The zero-order chi connectivity index (χ0) is 12.1. The van der Waals surface area contributed by atoms with Crippen LogP contribution in [0.5, 0.6) is 0 Å². The number of hydrogen-bond acceptors (Lipinski definition) is 4. The highest BCUT2D eigenvalue weighted by Gasteiger charge is 2.05. The van der Waals surface area contributed by atoms with Gasteiger partial charge in [-0.25, -0.2) is 4.98 Å². The molecule has 0 amide bonds. The molecule has 0 aromatic carbocycles. The van der Waals surface area contributed by atoms with Crippen LogP contribution in [0.1, 0.15) is 29.1 Å². The molecule has 2 aromatic rings. The number of hydrogen-bond donors (Lipinski definition) is 1. The van der Waals surface area contributed by atoms with Crippen molar-refractivity contribution in [2.24, 2.45) is 0 Å². The number of rotatable bonds is 4. The van der Waals surface area contributed by atoms with E-state index in [1.54, 1.807) is 17.5 Å². The SMILES string of the molecule is C[C@@H](NCc1ccnc(C#N)c1)c1cccs1. The van der Waals surface area contributed by atoms with Gasteiger partial charge in [0.25, 0.3) is 0 Å². The van der Waals surface area contributed by atoms with Gasteiger partial charge in [0.05, 0.1) is 0 Å². The second-order valence-corrected chi connectivity index (χ2v) is 4.76. The van der Waals surface area contributed by atoms with Crippen LogP contribution in [0.3, 0.4) is 0 Å². The quantitative estimate of drug-likeness (QED) is 0.898. The van der Waals surface area contributed by atoms with Gasteiger partial charge in [0.15, 0.2) is 0 Å². The molecule has 1 N–H and O–H groups in total. The lowest BCUT2D eigenvalue weighted by molar-refractivity contribution is 0.582. The molecule has 0 bridgehead atoms. The average Bonchev–Trinajstić information content (AvgIpc) is 2.90. The summed E-state index contributed by atoms with van der Waals surface area (Å²) in [5.74, 6) is 0. The zero-order valence-corrected chi connectivity index (χ0v) is 10.4. The van der Waals surface area contributed by atoms with E-state index in [1.807, 2.05) is 18.2 Å². The summed E-state index contributed by atoms with van der Waals surface area (Å²) >= 11 is 1.75. The minimum atomic E-state index is 0.328. The van der Waals surface area contributed by atoms with Crippen LogP contribution >= 0.6 is 11.3 Å². The Hall–Kier alpha value is -1.70. The molecule has 2 heterocycles. The number of pyridine rings is 1. The Bertz CT molecular complexity index is 514. The van der Waals surface area contributed by atoms with Gasteiger partial charge in [0, 0.05) is 23.7 Å². The molecule has 0 saturated heterocycles. The van der Waals surface area contributed by atoms with Crippen LogP contribution < -0.4 is 5.32 Å². The highest BCUT2D eigenvalue weighted by Crippen LogP contribution is 2.18. The van der Waals surface area contributed by atoms with Crippen LogP contribution in [0, 0.1) is 11.3 Å². The topological polar surface area (TPSA) is 48.7 Å². The van der Waals surface area contributed by atoms with Crippen molar-refractivity contribution in [2.75, 3.05) is 0 Å². The third kappa shape index (κ3) is 3.13. The first-order valence-corrected chi connectivity index (χ1v) is 6.29. The van der Waals surface area contributed by atoms with E-state index in [0.29, 0.717) is 11.7 Å². The Balaban J connectivity index is 1.96. The van der Waals surface area contributed by atoms with Gasteiger partial charge in [-0.15, -0.1) is 11.3 Å². The lowest BCUT2D eigenvalue weighted by atomic mass is 10.2. The Morgan fingerprint density at radius 3 is 3.12 bits per heavy atom. The van der Waals surface area contributed by atoms with Gasteiger partial charge in [0.2, 0.25) is 0 Å². The molecule has 0 fully saturated rings. The van der Waals surface area contributed by atoms with Gasteiger partial charge in [-0.3, -0.25) is 0 Å². The van der Waals surface area contributed by atoms with Crippen molar-refractivity contribution >= 4 is 11.3 Å². The van der Waals surface area contributed by atoms with E-state index < -0.39 is 0 Å². The fourth-order valence-electron chi connectivity index (χ4n) is 1.55. The Morgan fingerprint density at radius 2 is 2.41 bits per heavy atom. The van der Waals surface area contributed by atoms with Crippen LogP contribution in [-0.2, 0) is 6.54 Å². The molecular weight excluding hydrogens is 230 g/mol. The molecule has 0 aliphatic heterocycles. The lowest BCUT2D eigenvalue weighted by Gasteiger charge is -2.11. The highest BCUT2D eigenvalue weighted by molar-refractivity contribution is 7.10. The molecule has 2 rings (SSSR count). The summed E-state index contributed by atoms with van der Waals surface area (Å²) < 4.78 is 0. The van der Waals surface area contributed by atoms with Crippen molar-refractivity contribution in [3.8, 4) is 6.07 Å². The molecule has 0 spiro atoms. The number of nitrogens with one attached hydrogen (secondary N) is 1. The zero-order valence-electron chi connectivity index (χ0n) is 9.55. The summed E-state index contributed by atoms with van der Waals surface area (Å²) in [7, 11) is 0. The molecule has 17 heavy (non-hydrogen) atoms. The first-order chi connectivity index (χ1) is 8.29. The van der Waals surface area contributed by atoms with Gasteiger partial charge in [0.1, 0.15) is 11.8 Å². The highest BCUT2D eigenvalue weighted by atomic mass is 32.1. The Kier molecular flexibility index (Phi) is 3.86. The molecule has 0 radical (unpaired) electrons. The largest absolute Gasteiger partial charge is 0.305 e. The molecule has 0 aliphatic carbocycles. The maximum atomic E-state index is 8.76. The number of nitrogens with zero attached hydrogens (tertiary/aromatic N) is 2. The van der Waals surface area contributed by atoms with Crippen molar-refractivity contribution in [1.29, 1.82) is 5.26 Å². The van der Waals surface area contributed by atoms with Crippen LogP contribution in [0.4, 0.5) is 0 Å². The standard InChI is InChI=1S/C13H13N3S/c1-10(13-3-2-6-17-13)16-9-11-4-5-15-12(7-11)8-14/h2-7,10,16H,9H2,1H3/t10-/m1/s1. The van der Waals surface area contributed by atoms with E-state index >= 15 is 0 Å². The van der Waals surface area contributed by atoms with E-state index in [1.165, 1.54) is 4.88 Å². The van der Waals surface area contributed by atoms with Crippen molar-refractivity contribution < 1.29 is 0 Å². The Morgan fingerprint density at radius 1 is 1.53 bits per heavy atom. The maximum absolute atomic E-state index is 8.76. The summed E-state index contributed by atoms with van der Waals surface area (Å²) in [6.45, 7) is 2.88. The van der Waals surface area contributed by atoms with Gasteiger partial charge in [-0.1, -0.05) is 6.07 Å². The monoisotopic (exact) mass is 243 g/mol. The first-order valence-electron chi connectivity index (χ1n) is 5.41. The predicted molar refractivity (Wildman–Crippen MR) is 68.5 cm³/mol. The van der Waals surface area contributed by atoms with E-state index in [0.717, 1.165) is 12.1 Å². The van der Waals surface area contributed by atoms with Crippen molar-refractivity contribution in [1.82, 2.24) is 10.3 Å². The second kappa shape index (κ2) is 5.58. The summed E-state index contributed by atoms with van der Waals surface area (Å²) in [5, 5.41) is 14.3. The Labute approximate surface area is 105 Å². The first kappa shape index (κ1) is 11.8. The van der Waals surface area contributed by atoms with Crippen LogP contribution in [0.25, 0.3) is 0 Å². The number of thiophene rings is 1. The summed E-state index contributed by atoms with van der Waals surface area (Å²) in [6, 6.07) is 10.3. The number of aromatic nitrogens is 1. The maximum Gasteiger partial charge on any atom is 0.140 e. The van der Waals surface area contributed by atoms with Crippen LogP contribution in [-0.4, -0.2) is 4.98 Å². The molecular formula is C13H13N3S. The van der Waals surface area contributed by atoms with Gasteiger partial charge >= 0.3 is 0 Å². The molecule has 0 unspecified atom stereocenters. The van der Waals surface area contributed by atoms with Crippen molar-refractivity contribution in [3.63, 3.8) is 0 Å². The molecule has 3 nitrogen and oxygen atoms in total. The van der Waals surface area contributed by atoms with Gasteiger partial charge in [-0.05, 0) is 36.1 Å². The third-order valence-electron chi connectivity index (χ3n) is 2.52. The molecule has 0 aliphatic rings. The van der Waals surface area contributed by atoms with Crippen molar-refractivity contribution in [2.45, 2.75) is 19.5 Å². The van der Waals surface area contributed by atoms with Crippen LogP contribution in [0.2, 0.25) is 0 Å². The minimum Gasteiger partial charge on any atom is -0.305 e. The lowest BCUT2D eigenvalue weighted by Crippen LogP contribution is -2.17. The third-order valence-corrected chi connectivity index (χ3v) is 3.58. The molecule has 2 aromatic heterocycles. The second-order valence-electron chi connectivity index (χ2n) is 3.78.